The molecule has 3 aromatic rings. The molecule has 0 saturated carbocycles. The number of hydrogen-bond donors (Lipinski definition) is 1. The lowest BCUT2D eigenvalue weighted by Crippen LogP contribution is -2.30. The summed E-state index contributed by atoms with van der Waals surface area (Å²) in [4.78, 5) is 38.9. The van der Waals surface area contributed by atoms with Crippen molar-refractivity contribution in [2.24, 2.45) is 0 Å². The van der Waals surface area contributed by atoms with Gasteiger partial charge in [-0.15, -0.1) is 0 Å². The third-order valence-electron chi connectivity index (χ3n) is 5.56. The Morgan fingerprint density at radius 1 is 1.03 bits per heavy atom. The molecule has 0 fully saturated rings. The van der Waals surface area contributed by atoms with Crippen LogP contribution in [0.1, 0.15) is 59.0 Å². The van der Waals surface area contributed by atoms with Crippen molar-refractivity contribution in [1.29, 1.82) is 0 Å². The quantitative estimate of drug-likeness (QED) is 0.593. The summed E-state index contributed by atoms with van der Waals surface area (Å²) in [5, 5.41) is 9.27. The minimum absolute atomic E-state index is 0.106. The Morgan fingerprint density at radius 3 is 2.50 bits per heavy atom. The van der Waals surface area contributed by atoms with Crippen molar-refractivity contribution in [3.8, 4) is 0 Å². The van der Waals surface area contributed by atoms with Crippen LogP contribution in [-0.2, 0) is 4.79 Å². The van der Waals surface area contributed by atoms with E-state index >= 15 is 0 Å². The summed E-state index contributed by atoms with van der Waals surface area (Å²) < 4.78 is 5.89. The molecule has 1 aliphatic rings. The molecule has 1 amide bonds. The van der Waals surface area contributed by atoms with Gasteiger partial charge in [0.15, 0.2) is 5.43 Å². The molecule has 1 aromatic heterocycles. The molecule has 30 heavy (non-hydrogen) atoms. The maximum atomic E-state index is 13.3. The van der Waals surface area contributed by atoms with Gasteiger partial charge in [0.05, 0.1) is 17.0 Å². The Hall–Kier alpha value is -3.41. The number of benzene rings is 2. The van der Waals surface area contributed by atoms with Gasteiger partial charge in [-0.2, -0.15) is 0 Å². The monoisotopic (exact) mass is 405 g/mol. The number of hydrogen-bond acceptors (Lipinski definition) is 4. The Balaban J connectivity index is 1.73. The second-order valence-electron chi connectivity index (χ2n) is 7.69. The normalized spacial score (nSPS) is 15.6. The Kier molecular flexibility index (Phi) is 5.40. The summed E-state index contributed by atoms with van der Waals surface area (Å²) in [6.07, 6.45) is 2.01. The van der Waals surface area contributed by atoms with Crippen LogP contribution in [0, 0.1) is 6.92 Å². The highest BCUT2D eigenvalue weighted by Crippen LogP contribution is 2.38. The third-order valence-corrected chi connectivity index (χ3v) is 5.56. The highest BCUT2D eigenvalue weighted by Gasteiger charge is 2.42. The van der Waals surface area contributed by atoms with E-state index in [2.05, 4.69) is 0 Å². The van der Waals surface area contributed by atoms with Crippen LogP contribution in [-0.4, -0.2) is 28.4 Å². The summed E-state index contributed by atoms with van der Waals surface area (Å²) in [7, 11) is 0. The average molecular weight is 405 g/mol. The number of unbranched alkanes of at least 4 members (excludes halogenated alkanes) is 2. The van der Waals surface area contributed by atoms with Crippen LogP contribution in [0.5, 0.6) is 0 Å². The first-order valence-electron chi connectivity index (χ1n) is 10.1. The topological polar surface area (TPSA) is 87.8 Å². The molecular formula is C24H23NO5. The molecule has 4 rings (SSSR count). The third kappa shape index (κ3) is 3.61. The smallest absolute Gasteiger partial charge is 0.303 e. The van der Waals surface area contributed by atoms with E-state index in [1.807, 2.05) is 31.2 Å². The van der Waals surface area contributed by atoms with Gasteiger partial charge in [-0.1, -0.05) is 48.4 Å². The fraction of sp³-hybridized carbons (Fsp3) is 0.292. The molecule has 1 N–H and O–H groups in total. The summed E-state index contributed by atoms with van der Waals surface area (Å²) in [5.41, 5.74) is 2.56. The number of aliphatic carboxylic acids is 1. The number of carboxylic acids is 1. The van der Waals surface area contributed by atoms with Gasteiger partial charge >= 0.3 is 5.97 Å². The van der Waals surface area contributed by atoms with Gasteiger partial charge in [-0.3, -0.25) is 14.4 Å². The number of carboxylic acid groups (broad SMARTS) is 1. The number of aryl methyl sites for hydroxylation is 1. The molecule has 1 aliphatic heterocycles. The van der Waals surface area contributed by atoms with Gasteiger partial charge in [-0.25, -0.2) is 0 Å². The van der Waals surface area contributed by atoms with Crippen LogP contribution in [0.25, 0.3) is 11.0 Å². The van der Waals surface area contributed by atoms with Crippen LogP contribution in [0.4, 0.5) is 0 Å². The van der Waals surface area contributed by atoms with Crippen molar-refractivity contribution in [2.45, 2.75) is 38.6 Å². The molecular weight excluding hydrogens is 382 g/mol. The molecule has 154 valence electrons. The fourth-order valence-electron chi connectivity index (χ4n) is 4.03. The number of carbonyl (C=O) groups excluding carboxylic acids is 1. The van der Waals surface area contributed by atoms with Crippen molar-refractivity contribution in [3.63, 3.8) is 0 Å². The van der Waals surface area contributed by atoms with Crippen LogP contribution in [0.3, 0.4) is 0 Å². The number of para-hydroxylation sites is 1. The first-order valence-corrected chi connectivity index (χ1v) is 10.1. The Bertz CT molecular complexity index is 1160. The minimum Gasteiger partial charge on any atom is -0.481 e. The second kappa shape index (κ2) is 8.14. The Morgan fingerprint density at radius 2 is 1.77 bits per heavy atom. The maximum Gasteiger partial charge on any atom is 0.303 e. The van der Waals surface area contributed by atoms with Crippen LogP contribution in [0.2, 0.25) is 0 Å². The van der Waals surface area contributed by atoms with E-state index in [0.717, 1.165) is 11.1 Å². The van der Waals surface area contributed by atoms with E-state index in [0.29, 0.717) is 42.3 Å². The van der Waals surface area contributed by atoms with Crippen molar-refractivity contribution >= 4 is 22.8 Å². The van der Waals surface area contributed by atoms with Crippen molar-refractivity contribution in [2.75, 3.05) is 6.54 Å². The second-order valence-corrected chi connectivity index (χ2v) is 7.69. The molecule has 2 aromatic carbocycles. The molecule has 6 nitrogen and oxygen atoms in total. The lowest BCUT2D eigenvalue weighted by molar-refractivity contribution is -0.137. The summed E-state index contributed by atoms with van der Waals surface area (Å²) >= 11 is 0. The molecule has 0 aliphatic carbocycles. The van der Waals surface area contributed by atoms with E-state index in [4.69, 9.17) is 9.52 Å². The predicted octanol–water partition coefficient (Wildman–Crippen LogP) is 4.29. The van der Waals surface area contributed by atoms with Crippen LogP contribution >= 0.6 is 0 Å². The molecule has 0 unspecified atom stereocenters. The highest BCUT2D eigenvalue weighted by atomic mass is 16.4. The zero-order valence-corrected chi connectivity index (χ0v) is 16.8. The number of nitrogens with zero attached hydrogens (tertiary/aromatic N) is 1. The van der Waals surface area contributed by atoms with Gasteiger partial charge in [0.25, 0.3) is 5.91 Å². The van der Waals surface area contributed by atoms with Crippen LogP contribution in [0.15, 0.2) is 57.7 Å². The zero-order chi connectivity index (χ0) is 21.3. The first kappa shape index (κ1) is 19.9. The van der Waals surface area contributed by atoms with Crippen molar-refractivity contribution in [1.82, 2.24) is 4.90 Å². The maximum absolute atomic E-state index is 13.3. The average Bonchev–Trinajstić information content (AvgIpc) is 3.01. The van der Waals surface area contributed by atoms with Gasteiger partial charge < -0.3 is 14.4 Å². The summed E-state index contributed by atoms with van der Waals surface area (Å²) in [5.74, 6) is -1.01. The molecule has 0 saturated heterocycles. The minimum atomic E-state index is -0.821. The standard InChI is InChI=1S/C24H23NO5/c1-15-10-12-16(13-11-15)21-20-22(28)17-7-4-5-8-18(17)30-23(20)24(29)25(21)14-6-2-3-9-19(26)27/h4-5,7-8,10-13,21H,2-3,6,9,14H2,1H3,(H,26,27)/t21-/m0/s1. The SMILES string of the molecule is Cc1ccc([C@H]2c3c(oc4ccccc4c3=O)C(=O)N2CCCCCC(=O)O)cc1. The molecule has 2 heterocycles. The van der Waals surface area contributed by atoms with E-state index < -0.39 is 12.0 Å². The van der Waals surface area contributed by atoms with Gasteiger partial charge in [-0.05, 0) is 37.5 Å². The van der Waals surface area contributed by atoms with Gasteiger partial charge in [0.1, 0.15) is 5.58 Å². The van der Waals surface area contributed by atoms with Gasteiger partial charge in [0, 0.05) is 13.0 Å². The largest absolute Gasteiger partial charge is 0.481 e. The summed E-state index contributed by atoms with van der Waals surface area (Å²) in [6, 6.07) is 14.3. The van der Waals surface area contributed by atoms with E-state index in [1.54, 1.807) is 29.2 Å². The number of fused-ring (bicyclic) bond motifs is 2. The molecule has 0 radical (unpaired) electrons. The Labute approximate surface area is 173 Å². The fourth-order valence-corrected chi connectivity index (χ4v) is 4.03. The predicted molar refractivity (Wildman–Crippen MR) is 113 cm³/mol. The number of rotatable bonds is 7. The zero-order valence-electron chi connectivity index (χ0n) is 16.8. The number of amides is 1. The van der Waals surface area contributed by atoms with Crippen molar-refractivity contribution < 1.29 is 19.1 Å². The van der Waals surface area contributed by atoms with E-state index in [9.17, 15) is 14.4 Å². The first-order chi connectivity index (χ1) is 14.5. The van der Waals surface area contributed by atoms with Crippen LogP contribution < -0.4 is 5.43 Å². The summed E-state index contributed by atoms with van der Waals surface area (Å²) in [6.45, 7) is 2.41. The van der Waals surface area contributed by atoms with Gasteiger partial charge in [0.2, 0.25) is 5.76 Å². The molecule has 6 heteroatoms. The molecule has 0 spiro atoms. The lowest BCUT2D eigenvalue weighted by Gasteiger charge is -2.25. The molecule has 0 bridgehead atoms. The van der Waals surface area contributed by atoms with E-state index in [1.165, 1.54) is 0 Å². The number of carbonyl (C=O) groups is 2. The molecule has 1 atom stereocenters. The van der Waals surface area contributed by atoms with Crippen molar-refractivity contribution in [3.05, 3.63) is 81.2 Å². The van der Waals surface area contributed by atoms with E-state index in [-0.39, 0.29) is 23.5 Å². The lowest BCUT2D eigenvalue weighted by atomic mass is 9.97. The highest BCUT2D eigenvalue weighted by molar-refractivity contribution is 5.99.